The van der Waals surface area contributed by atoms with Gasteiger partial charge in [-0.15, -0.1) is 0 Å². The van der Waals surface area contributed by atoms with Gasteiger partial charge in [-0.3, -0.25) is 0 Å². The second kappa shape index (κ2) is 13.4. The summed E-state index contributed by atoms with van der Waals surface area (Å²) in [5, 5.41) is 2.39. The highest BCUT2D eigenvalue weighted by molar-refractivity contribution is 6.02. The molecule has 0 amide bonds. The normalized spacial score (nSPS) is 11.5. The molecule has 54 heavy (non-hydrogen) atoms. The van der Waals surface area contributed by atoms with Crippen molar-refractivity contribution in [1.82, 2.24) is 0 Å². The largest absolute Gasteiger partial charge is 0.454 e. The maximum absolute atomic E-state index is 7.16. The summed E-state index contributed by atoms with van der Waals surface area (Å²) in [6, 6.07) is 75.7. The number of para-hydroxylation sites is 2. The summed E-state index contributed by atoms with van der Waals surface area (Å²) >= 11 is 0. The van der Waals surface area contributed by atoms with Gasteiger partial charge in [0.1, 0.15) is 5.75 Å². The zero-order valence-corrected chi connectivity index (χ0v) is 29.6. The molecule has 0 aliphatic carbocycles. The molecule has 0 aromatic heterocycles. The molecule has 0 radical (unpaired) electrons. The van der Waals surface area contributed by atoms with E-state index in [1.54, 1.807) is 0 Å². The van der Waals surface area contributed by atoms with Crippen molar-refractivity contribution < 1.29 is 4.74 Å². The lowest BCUT2D eigenvalue weighted by molar-refractivity contribution is 0.489. The van der Waals surface area contributed by atoms with Gasteiger partial charge in [0, 0.05) is 28.1 Å². The molecule has 10 rings (SSSR count). The molecule has 0 fully saturated rings. The number of benzene rings is 9. The molecule has 1 aliphatic rings. The quantitative estimate of drug-likeness (QED) is 0.172. The summed E-state index contributed by atoms with van der Waals surface area (Å²) in [7, 11) is 0. The first-order valence-electron chi connectivity index (χ1n) is 18.4. The van der Waals surface area contributed by atoms with Crippen molar-refractivity contribution in [3.8, 4) is 67.1 Å². The van der Waals surface area contributed by atoms with Crippen LogP contribution in [0, 0.1) is 0 Å². The van der Waals surface area contributed by atoms with Crippen LogP contribution in [0.5, 0.6) is 11.5 Å². The zero-order valence-electron chi connectivity index (χ0n) is 29.6. The SMILES string of the molecule is c1ccc(-c2ccc(N(c3ccc4ccccc4c3)c3cccc4c3Oc3ccccc3-c3c(-c5cccc(-c6ccccc6)c5)cccc3-4)cc2)cc1. The van der Waals surface area contributed by atoms with Crippen LogP contribution < -0.4 is 9.64 Å². The third-order valence-corrected chi connectivity index (χ3v) is 10.5. The van der Waals surface area contributed by atoms with E-state index < -0.39 is 0 Å². The Hall–Kier alpha value is -7.16. The molecule has 0 unspecified atom stereocenters. The summed E-state index contributed by atoms with van der Waals surface area (Å²) in [6.07, 6.45) is 0. The molecule has 2 nitrogen and oxygen atoms in total. The van der Waals surface area contributed by atoms with Gasteiger partial charge in [-0.05, 0) is 92.2 Å². The second-order valence-corrected chi connectivity index (χ2v) is 13.7. The maximum Gasteiger partial charge on any atom is 0.159 e. The molecule has 0 saturated heterocycles. The Morgan fingerprint density at radius 3 is 1.69 bits per heavy atom. The first-order chi connectivity index (χ1) is 26.8. The number of anilines is 3. The average Bonchev–Trinajstić information content (AvgIpc) is 3.40. The van der Waals surface area contributed by atoms with Crippen LogP contribution in [-0.2, 0) is 0 Å². The van der Waals surface area contributed by atoms with Gasteiger partial charge in [-0.1, -0.05) is 170 Å². The number of ether oxygens (including phenoxy) is 1. The number of nitrogens with zero attached hydrogens (tertiary/aromatic N) is 1. The first kappa shape index (κ1) is 31.6. The second-order valence-electron chi connectivity index (χ2n) is 13.7. The van der Waals surface area contributed by atoms with Crippen molar-refractivity contribution in [1.29, 1.82) is 0 Å². The van der Waals surface area contributed by atoms with Gasteiger partial charge in [0.15, 0.2) is 5.75 Å². The molecule has 0 N–H and O–H groups in total. The number of hydrogen-bond donors (Lipinski definition) is 0. The average molecular weight is 690 g/mol. The third kappa shape index (κ3) is 5.62. The summed E-state index contributed by atoms with van der Waals surface area (Å²) in [5.41, 5.74) is 14.6. The van der Waals surface area contributed by atoms with Crippen molar-refractivity contribution in [2.24, 2.45) is 0 Å². The minimum Gasteiger partial charge on any atom is -0.454 e. The van der Waals surface area contributed by atoms with Gasteiger partial charge in [-0.2, -0.15) is 0 Å². The van der Waals surface area contributed by atoms with Crippen LogP contribution in [0.2, 0.25) is 0 Å². The van der Waals surface area contributed by atoms with Gasteiger partial charge in [0.2, 0.25) is 0 Å². The monoisotopic (exact) mass is 689 g/mol. The van der Waals surface area contributed by atoms with Crippen LogP contribution in [0.1, 0.15) is 0 Å². The van der Waals surface area contributed by atoms with E-state index in [0.29, 0.717) is 0 Å². The fraction of sp³-hybridized carbons (Fsp3) is 0. The van der Waals surface area contributed by atoms with E-state index in [-0.39, 0.29) is 0 Å². The minimum atomic E-state index is 0.819. The molecular formula is C52H35NO. The number of rotatable bonds is 6. The highest BCUT2D eigenvalue weighted by Crippen LogP contribution is 2.54. The molecule has 2 heteroatoms. The standard InChI is InChI=1S/C52H35NO/c1-3-14-36(15-4-1)39-28-31-43(32-29-39)53(44-33-30-38-18-7-8-19-41(38)35-44)49-26-13-25-47-46-24-12-23-45(51(46)48-22-9-10-27-50(48)54-52(47)49)42-21-11-20-40(34-42)37-16-5-2-6-17-37/h1-35H. The Bertz CT molecular complexity index is 2790. The van der Waals surface area contributed by atoms with E-state index in [1.807, 2.05) is 0 Å². The molecule has 0 atom stereocenters. The van der Waals surface area contributed by atoms with Crippen LogP contribution in [0.15, 0.2) is 212 Å². The molecule has 1 aliphatic heterocycles. The van der Waals surface area contributed by atoms with Crippen LogP contribution in [0.4, 0.5) is 17.1 Å². The maximum atomic E-state index is 7.16. The molecular weight excluding hydrogens is 655 g/mol. The van der Waals surface area contributed by atoms with E-state index in [1.165, 1.54) is 49.7 Å². The molecule has 0 spiro atoms. The van der Waals surface area contributed by atoms with Gasteiger partial charge < -0.3 is 9.64 Å². The fourth-order valence-corrected chi connectivity index (χ4v) is 7.87. The molecule has 9 aromatic rings. The van der Waals surface area contributed by atoms with E-state index in [4.69, 9.17) is 4.74 Å². The van der Waals surface area contributed by atoms with E-state index >= 15 is 0 Å². The van der Waals surface area contributed by atoms with Crippen molar-refractivity contribution in [3.63, 3.8) is 0 Å². The van der Waals surface area contributed by atoms with Crippen molar-refractivity contribution in [2.45, 2.75) is 0 Å². The summed E-state index contributed by atoms with van der Waals surface area (Å²) in [6.45, 7) is 0. The lowest BCUT2D eigenvalue weighted by atomic mass is 9.87. The van der Waals surface area contributed by atoms with Gasteiger partial charge >= 0.3 is 0 Å². The Morgan fingerprint density at radius 2 is 0.870 bits per heavy atom. The van der Waals surface area contributed by atoms with E-state index in [9.17, 15) is 0 Å². The van der Waals surface area contributed by atoms with E-state index in [2.05, 4.69) is 217 Å². The lowest BCUT2D eigenvalue weighted by Crippen LogP contribution is -2.11. The first-order valence-corrected chi connectivity index (χ1v) is 18.4. The van der Waals surface area contributed by atoms with Crippen LogP contribution in [0.3, 0.4) is 0 Å². The van der Waals surface area contributed by atoms with E-state index in [0.717, 1.165) is 45.3 Å². The van der Waals surface area contributed by atoms with Gasteiger partial charge in [0.05, 0.1) is 5.69 Å². The van der Waals surface area contributed by atoms with Crippen molar-refractivity contribution in [2.75, 3.05) is 4.90 Å². The summed E-state index contributed by atoms with van der Waals surface area (Å²) in [4.78, 5) is 2.33. The Labute approximate surface area is 315 Å². The van der Waals surface area contributed by atoms with Crippen LogP contribution >= 0.6 is 0 Å². The Morgan fingerprint density at radius 1 is 0.315 bits per heavy atom. The molecule has 1 heterocycles. The minimum absolute atomic E-state index is 0.819. The highest BCUT2D eigenvalue weighted by Gasteiger charge is 2.28. The van der Waals surface area contributed by atoms with Gasteiger partial charge in [-0.25, -0.2) is 0 Å². The van der Waals surface area contributed by atoms with Crippen LogP contribution in [-0.4, -0.2) is 0 Å². The number of hydrogen-bond acceptors (Lipinski definition) is 2. The molecule has 9 aromatic carbocycles. The van der Waals surface area contributed by atoms with Gasteiger partial charge in [0.25, 0.3) is 0 Å². The molecule has 254 valence electrons. The lowest BCUT2D eigenvalue weighted by Gasteiger charge is -2.28. The predicted octanol–water partition coefficient (Wildman–Crippen LogP) is 14.8. The topological polar surface area (TPSA) is 12.5 Å². The fourth-order valence-electron chi connectivity index (χ4n) is 7.87. The summed E-state index contributed by atoms with van der Waals surface area (Å²) in [5.74, 6) is 1.65. The highest BCUT2D eigenvalue weighted by atomic mass is 16.5. The zero-order chi connectivity index (χ0) is 35.8. The predicted molar refractivity (Wildman–Crippen MR) is 226 cm³/mol. The molecule has 0 bridgehead atoms. The Balaban J connectivity index is 1.18. The number of fused-ring (bicyclic) bond motifs is 6. The van der Waals surface area contributed by atoms with Crippen molar-refractivity contribution in [3.05, 3.63) is 212 Å². The smallest absolute Gasteiger partial charge is 0.159 e. The van der Waals surface area contributed by atoms with Crippen LogP contribution in [0.25, 0.3) is 66.4 Å². The molecule has 0 saturated carbocycles. The Kier molecular flexibility index (Phi) is 7.85. The summed E-state index contributed by atoms with van der Waals surface area (Å²) < 4.78 is 7.16. The van der Waals surface area contributed by atoms with Crippen molar-refractivity contribution >= 4 is 27.8 Å². The third-order valence-electron chi connectivity index (χ3n) is 10.5.